The minimum atomic E-state index is -0.605. The standard InChI is InChI=1S/C15H13ClINO2/c1-10(20-14-7-2-4-11(16)8-14)15(19)18-13-6-3-5-12(17)9-13/h2-10H,1H3,(H,18,19)/t10-/m1/s1. The second-order valence-electron chi connectivity index (χ2n) is 4.22. The Labute approximate surface area is 136 Å². The fraction of sp³-hybridized carbons (Fsp3) is 0.133. The molecule has 1 atom stereocenters. The minimum Gasteiger partial charge on any atom is -0.481 e. The molecule has 104 valence electrons. The number of halogens is 2. The first-order valence-electron chi connectivity index (χ1n) is 6.03. The fourth-order valence-corrected chi connectivity index (χ4v) is 2.33. The molecule has 0 fully saturated rings. The molecule has 1 amide bonds. The quantitative estimate of drug-likeness (QED) is 0.774. The van der Waals surface area contributed by atoms with Gasteiger partial charge in [0.25, 0.3) is 5.91 Å². The lowest BCUT2D eigenvalue weighted by Gasteiger charge is -2.15. The van der Waals surface area contributed by atoms with E-state index in [1.54, 1.807) is 31.2 Å². The molecule has 5 heteroatoms. The number of anilines is 1. The zero-order valence-corrected chi connectivity index (χ0v) is 13.7. The van der Waals surface area contributed by atoms with Gasteiger partial charge in [-0.1, -0.05) is 23.7 Å². The number of rotatable bonds is 4. The highest BCUT2D eigenvalue weighted by Crippen LogP contribution is 2.19. The van der Waals surface area contributed by atoms with Gasteiger partial charge in [0.2, 0.25) is 0 Å². The summed E-state index contributed by atoms with van der Waals surface area (Å²) in [7, 11) is 0. The van der Waals surface area contributed by atoms with Gasteiger partial charge in [-0.25, -0.2) is 0 Å². The van der Waals surface area contributed by atoms with Crippen LogP contribution in [0, 0.1) is 3.57 Å². The molecule has 0 radical (unpaired) electrons. The van der Waals surface area contributed by atoms with E-state index in [1.807, 2.05) is 24.3 Å². The van der Waals surface area contributed by atoms with Gasteiger partial charge >= 0.3 is 0 Å². The van der Waals surface area contributed by atoms with Crippen molar-refractivity contribution < 1.29 is 9.53 Å². The zero-order valence-electron chi connectivity index (χ0n) is 10.8. The van der Waals surface area contributed by atoms with Gasteiger partial charge in [0.15, 0.2) is 6.10 Å². The van der Waals surface area contributed by atoms with Gasteiger partial charge in [0.05, 0.1) is 0 Å². The summed E-state index contributed by atoms with van der Waals surface area (Å²) in [5, 5.41) is 3.39. The van der Waals surface area contributed by atoms with Gasteiger partial charge in [-0.3, -0.25) is 4.79 Å². The average Bonchev–Trinajstić information content (AvgIpc) is 2.38. The molecule has 3 nitrogen and oxygen atoms in total. The third-order valence-electron chi connectivity index (χ3n) is 2.57. The lowest BCUT2D eigenvalue weighted by molar-refractivity contribution is -0.122. The normalized spacial score (nSPS) is 11.8. The van der Waals surface area contributed by atoms with Crippen LogP contribution in [0.1, 0.15) is 6.92 Å². The molecule has 0 saturated heterocycles. The van der Waals surface area contributed by atoms with Crippen LogP contribution in [0.15, 0.2) is 48.5 Å². The molecular formula is C15H13ClINO2. The molecule has 2 aromatic rings. The van der Waals surface area contributed by atoms with Crippen LogP contribution in [0.25, 0.3) is 0 Å². The van der Waals surface area contributed by atoms with Crippen LogP contribution in [0.5, 0.6) is 5.75 Å². The van der Waals surface area contributed by atoms with Crippen LogP contribution in [-0.2, 0) is 4.79 Å². The molecule has 0 aliphatic rings. The molecule has 0 bridgehead atoms. The molecule has 0 saturated carbocycles. The number of nitrogens with one attached hydrogen (secondary N) is 1. The second kappa shape index (κ2) is 6.95. The van der Waals surface area contributed by atoms with Crippen LogP contribution in [0.4, 0.5) is 5.69 Å². The lowest BCUT2D eigenvalue weighted by Crippen LogP contribution is -2.30. The van der Waals surface area contributed by atoms with Crippen LogP contribution in [0.3, 0.4) is 0 Å². The van der Waals surface area contributed by atoms with Crippen molar-refractivity contribution >= 4 is 45.8 Å². The highest BCUT2D eigenvalue weighted by atomic mass is 127. The van der Waals surface area contributed by atoms with Gasteiger partial charge in [0, 0.05) is 14.3 Å². The summed E-state index contributed by atoms with van der Waals surface area (Å²) in [4.78, 5) is 12.0. The number of hydrogen-bond donors (Lipinski definition) is 1. The van der Waals surface area contributed by atoms with Crippen molar-refractivity contribution in [2.24, 2.45) is 0 Å². The lowest BCUT2D eigenvalue weighted by atomic mass is 10.3. The highest BCUT2D eigenvalue weighted by Gasteiger charge is 2.15. The molecule has 0 aliphatic carbocycles. The Bertz CT molecular complexity index is 618. The van der Waals surface area contributed by atoms with Crippen molar-refractivity contribution in [3.05, 3.63) is 57.1 Å². The first-order valence-corrected chi connectivity index (χ1v) is 7.49. The summed E-state index contributed by atoms with van der Waals surface area (Å²) in [5.41, 5.74) is 0.753. The van der Waals surface area contributed by atoms with E-state index in [9.17, 15) is 4.79 Å². The largest absolute Gasteiger partial charge is 0.481 e. The molecule has 0 aliphatic heterocycles. The van der Waals surface area contributed by atoms with E-state index < -0.39 is 6.10 Å². The van der Waals surface area contributed by atoms with Crippen molar-refractivity contribution in [3.63, 3.8) is 0 Å². The number of benzene rings is 2. The number of carbonyl (C=O) groups is 1. The number of carbonyl (C=O) groups excluding carboxylic acids is 1. The van der Waals surface area contributed by atoms with E-state index >= 15 is 0 Å². The Hall–Kier alpha value is -1.27. The molecule has 0 spiro atoms. The molecule has 2 rings (SSSR count). The Morgan fingerprint density at radius 3 is 2.70 bits per heavy atom. The highest BCUT2D eigenvalue weighted by molar-refractivity contribution is 14.1. The van der Waals surface area contributed by atoms with E-state index in [0.29, 0.717) is 10.8 Å². The summed E-state index contributed by atoms with van der Waals surface area (Å²) < 4.78 is 6.62. The van der Waals surface area contributed by atoms with Crippen molar-refractivity contribution in [2.75, 3.05) is 5.32 Å². The van der Waals surface area contributed by atoms with Crippen LogP contribution < -0.4 is 10.1 Å². The third kappa shape index (κ3) is 4.38. The maximum Gasteiger partial charge on any atom is 0.265 e. The van der Waals surface area contributed by atoms with Crippen LogP contribution in [0.2, 0.25) is 5.02 Å². The Kier molecular flexibility index (Phi) is 5.25. The van der Waals surface area contributed by atoms with Gasteiger partial charge < -0.3 is 10.1 Å². The van der Waals surface area contributed by atoms with Crippen molar-refractivity contribution in [1.29, 1.82) is 0 Å². The van der Waals surface area contributed by atoms with Crippen molar-refractivity contribution in [2.45, 2.75) is 13.0 Å². The fourth-order valence-electron chi connectivity index (χ4n) is 1.61. The van der Waals surface area contributed by atoms with Gasteiger partial charge in [0.1, 0.15) is 5.75 Å². The zero-order chi connectivity index (χ0) is 14.5. The van der Waals surface area contributed by atoms with Gasteiger partial charge in [-0.05, 0) is 65.9 Å². The molecular weight excluding hydrogens is 389 g/mol. The first kappa shape index (κ1) is 15.1. The maximum absolute atomic E-state index is 12.0. The summed E-state index contributed by atoms with van der Waals surface area (Å²) in [5.74, 6) is 0.370. The SMILES string of the molecule is C[C@@H](Oc1cccc(Cl)c1)C(=O)Nc1cccc(I)c1. The summed E-state index contributed by atoms with van der Waals surface area (Å²) in [6, 6.07) is 14.6. The predicted molar refractivity (Wildman–Crippen MR) is 89.3 cm³/mol. The van der Waals surface area contributed by atoms with E-state index in [-0.39, 0.29) is 5.91 Å². The summed E-state index contributed by atoms with van der Waals surface area (Å²) in [6.07, 6.45) is -0.605. The van der Waals surface area contributed by atoms with E-state index in [2.05, 4.69) is 27.9 Å². The number of hydrogen-bond acceptors (Lipinski definition) is 2. The monoisotopic (exact) mass is 401 g/mol. The average molecular weight is 402 g/mol. The molecule has 0 unspecified atom stereocenters. The van der Waals surface area contributed by atoms with E-state index in [4.69, 9.17) is 16.3 Å². The maximum atomic E-state index is 12.0. The third-order valence-corrected chi connectivity index (χ3v) is 3.48. The number of amides is 1. The first-order chi connectivity index (χ1) is 9.54. The Morgan fingerprint density at radius 1 is 1.25 bits per heavy atom. The second-order valence-corrected chi connectivity index (χ2v) is 5.90. The molecule has 0 heterocycles. The predicted octanol–water partition coefficient (Wildman–Crippen LogP) is 4.35. The molecule has 0 aromatic heterocycles. The summed E-state index contributed by atoms with van der Waals surface area (Å²) in [6.45, 7) is 1.70. The smallest absolute Gasteiger partial charge is 0.265 e. The minimum absolute atomic E-state index is 0.202. The Morgan fingerprint density at radius 2 is 2.00 bits per heavy atom. The van der Waals surface area contributed by atoms with Gasteiger partial charge in [-0.15, -0.1) is 0 Å². The van der Waals surface area contributed by atoms with E-state index in [1.165, 1.54) is 0 Å². The molecule has 20 heavy (non-hydrogen) atoms. The van der Waals surface area contributed by atoms with Crippen LogP contribution in [-0.4, -0.2) is 12.0 Å². The molecule has 2 aromatic carbocycles. The van der Waals surface area contributed by atoms with Crippen LogP contribution >= 0.6 is 34.2 Å². The van der Waals surface area contributed by atoms with Gasteiger partial charge in [-0.2, -0.15) is 0 Å². The summed E-state index contributed by atoms with van der Waals surface area (Å²) >= 11 is 8.07. The Balaban J connectivity index is 1.98. The van der Waals surface area contributed by atoms with Crippen molar-refractivity contribution in [1.82, 2.24) is 0 Å². The molecule has 1 N–H and O–H groups in total. The number of ether oxygens (including phenoxy) is 1. The van der Waals surface area contributed by atoms with E-state index in [0.717, 1.165) is 9.26 Å². The topological polar surface area (TPSA) is 38.3 Å². The van der Waals surface area contributed by atoms with Crippen molar-refractivity contribution in [3.8, 4) is 5.75 Å².